The van der Waals surface area contributed by atoms with Crippen molar-refractivity contribution < 1.29 is 22.7 Å². The third kappa shape index (κ3) is 5.95. The van der Waals surface area contributed by atoms with E-state index in [9.17, 15) is 18.0 Å². The lowest BCUT2D eigenvalue weighted by Crippen LogP contribution is -2.38. The van der Waals surface area contributed by atoms with E-state index in [1.54, 1.807) is 51.1 Å². The number of esters is 1. The molecule has 0 radical (unpaired) electrons. The predicted molar refractivity (Wildman–Crippen MR) is 114 cm³/mol. The highest BCUT2D eigenvalue weighted by atomic mass is 35.5. The Balaban J connectivity index is 2.22. The number of anilines is 2. The minimum atomic E-state index is -3.71. The van der Waals surface area contributed by atoms with E-state index < -0.39 is 28.4 Å². The minimum Gasteiger partial charge on any atom is -0.462 e. The van der Waals surface area contributed by atoms with Crippen molar-refractivity contribution >= 4 is 44.9 Å². The zero-order valence-electron chi connectivity index (χ0n) is 16.7. The van der Waals surface area contributed by atoms with Crippen LogP contribution in [-0.2, 0) is 19.6 Å². The Hall–Kier alpha value is -2.58. The molecule has 7 nitrogen and oxygen atoms in total. The van der Waals surface area contributed by atoms with Crippen molar-refractivity contribution in [1.82, 2.24) is 0 Å². The largest absolute Gasteiger partial charge is 0.462 e. The summed E-state index contributed by atoms with van der Waals surface area (Å²) in [6.07, 6.45) is 1.04. The Morgan fingerprint density at radius 1 is 1.10 bits per heavy atom. The van der Waals surface area contributed by atoms with Crippen LogP contribution < -0.4 is 9.62 Å². The van der Waals surface area contributed by atoms with E-state index in [4.69, 9.17) is 16.3 Å². The van der Waals surface area contributed by atoms with E-state index in [2.05, 4.69) is 5.32 Å². The molecule has 0 fully saturated rings. The van der Waals surface area contributed by atoms with Crippen molar-refractivity contribution in [2.75, 3.05) is 29.0 Å². The molecule has 0 aromatic heterocycles. The van der Waals surface area contributed by atoms with Gasteiger partial charge in [0.1, 0.15) is 6.54 Å². The summed E-state index contributed by atoms with van der Waals surface area (Å²) in [7, 11) is -3.71. The number of carbonyl (C=O) groups excluding carboxylic acids is 2. The second-order valence-electron chi connectivity index (χ2n) is 6.50. The highest BCUT2D eigenvalue weighted by molar-refractivity contribution is 7.92. The topological polar surface area (TPSA) is 92.8 Å². The number of halogens is 1. The molecule has 1 amide bonds. The van der Waals surface area contributed by atoms with Crippen molar-refractivity contribution in [3.8, 4) is 0 Å². The lowest BCUT2D eigenvalue weighted by molar-refractivity contribution is -0.114. The van der Waals surface area contributed by atoms with Gasteiger partial charge in [-0.15, -0.1) is 0 Å². The summed E-state index contributed by atoms with van der Waals surface area (Å²) in [5.41, 5.74) is 2.51. The maximum Gasteiger partial charge on any atom is 0.338 e. The predicted octanol–water partition coefficient (Wildman–Crippen LogP) is 3.54. The van der Waals surface area contributed by atoms with Gasteiger partial charge in [0.15, 0.2) is 0 Å². The molecular formula is C20H23ClN2O5S. The van der Waals surface area contributed by atoms with E-state index in [0.717, 1.165) is 10.6 Å². The number of aryl methyl sites for hydroxylation is 2. The van der Waals surface area contributed by atoms with E-state index in [-0.39, 0.29) is 6.61 Å². The molecule has 2 aromatic rings. The van der Waals surface area contributed by atoms with Gasteiger partial charge >= 0.3 is 5.97 Å². The first kappa shape index (κ1) is 22.7. The van der Waals surface area contributed by atoms with Crippen molar-refractivity contribution in [1.29, 1.82) is 0 Å². The standard InChI is InChI=1S/C20H23ClN2O5S/c1-5-28-20(25)15-6-8-17(13(2)10-15)22-19(24)12-23(29(4,26)27)18-9-7-16(21)11-14(18)3/h6-11H,5,12H2,1-4H3,(H,22,24). The number of hydrogen-bond acceptors (Lipinski definition) is 5. The number of sulfonamides is 1. The van der Waals surface area contributed by atoms with Gasteiger partial charge in [-0.1, -0.05) is 11.6 Å². The summed E-state index contributed by atoms with van der Waals surface area (Å²) in [6.45, 7) is 5.03. The fourth-order valence-electron chi connectivity index (χ4n) is 2.75. The molecule has 0 spiro atoms. The molecule has 0 bridgehead atoms. The number of nitrogens with zero attached hydrogens (tertiary/aromatic N) is 1. The molecule has 2 aromatic carbocycles. The van der Waals surface area contributed by atoms with Crippen LogP contribution in [0.2, 0.25) is 5.02 Å². The minimum absolute atomic E-state index is 0.266. The van der Waals surface area contributed by atoms with Crippen LogP contribution >= 0.6 is 11.6 Å². The van der Waals surface area contributed by atoms with Gasteiger partial charge in [0.05, 0.1) is 24.1 Å². The zero-order chi connectivity index (χ0) is 21.8. The van der Waals surface area contributed by atoms with Gasteiger partial charge in [-0.05, 0) is 68.3 Å². The molecule has 29 heavy (non-hydrogen) atoms. The van der Waals surface area contributed by atoms with E-state index >= 15 is 0 Å². The van der Waals surface area contributed by atoms with Gasteiger partial charge in [0.25, 0.3) is 0 Å². The number of nitrogens with one attached hydrogen (secondary N) is 1. The van der Waals surface area contributed by atoms with Crippen molar-refractivity contribution in [2.24, 2.45) is 0 Å². The van der Waals surface area contributed by atoms with Crippen molar-refractivity contribution in [3.05, 3.63) is 58.1 Å². The van der Waals surface area contributed by atoms with Crippen LogP contribution in [0.25, 0.3) is 0 Å². The van der Waals surface area contributed by atoms with Crippen LogP contribution in [0.1, 0.15) is 28.4 Å². The Morgan fingerprint density at radius 2 is 1.79 bits per heavy atom. The number of ether oxygens (including phenoxy) is 1. The lowest BCUT2D eigenvalue weighted by atomic mass is 10.1. The number of rotatable bonds is 7. The molecule has 2 rings (SSSR count). The van der Waals surface area contributed by atoms with Crippen LogP contribution in [-0.4, -0.2) is 39.7 Å². The van der Waals surface area contributed by atoms with Crippen LogP contribution in [0, 0.1) is 13.8 Å². The normalized spacial score (nSPS) is 11.1. The molecule has 0 aliphatic heterocycles. The van der Waals surface area contributed by atoms with Crippen molar-refractivity contribution in [3.63, 3.8) is 0 Å². The molecule has 0 saturated heterocycles. The third-order valence-corrected chi connectivity index (χ3v) is 5.49. The second kappa shape index (κ2) is 9.28. The molecule has 156 valence electrons. The Bertz CT molecular complexity index is 1040. The summed E-state index contributed by atoms with van der Waals surface area (Å²) in [4.78, 5) is 24.4. The van der Waals surface area contributed by atoms with Gasteiger partial charge in [-0.2, -0.15) is 0 Å². The summed E-state index contributed by atoms with van der Waals surface area (Å²) >= 11 is 5.94. The third-order valence-electron chi connectivity index (χ3n) is 4.13. The number of amides is 1. The Morgan fingerprint density at radius 3 is 2.34 bits per heavy atom. The molecule has 1 N–H and O–H groups in total. The van der Waals surface area contributed by atoms with Crippen LogP contribution in [0.3, 0.4) is 0 Å². The van der Waals surface area contributed by atoms with Gasteiger partial charge in [-0.25, -0.2) is 13.2 Å². The highest BCUT2D eigenvalue weighted by Gasteiger charge is 2.23. The average Bonchev–Trinajstić information content (AvgIpc) is 2.61. The molecule has 0 unspecified atom stereocenters. The maximum absolute atomic E-state index is 12.6. The fourth-order valence-corrected chi connectivity index (χ4v) is 3.89. The van der Waals surface area contributed by atoms with E-state index in [1.165, 1.54) is 6.07 Å². The van der Waals surface area contributed by atoms with E-state index in [0.29, 0.717) is 33.1 Å². The quantitative estimate of drug-likeness (QED) is 0.667. The second-order valence-corrected chi connectivity index (χ2v) is 8.84. The monoisotopic (exact) mass is 438 g/mol. The Labute approximate surface area is 175 Å². The summed E-state index contributed by atoms with van der Waals surface area (Å²) in [6, 6.07) is 9.48. The molecule has 0 aliphatic carbocycles. The van der Waals surface area contributed by atoms with Crippen LogP contribution in [0.4, 0.5) is 11.4 Å². The van der Waals surface area contributed by atoms with Gasteiger partial charge in [0, 0.05) is 10.7 Å². The van der Waals surface area contributed by atoms with Crippen LogP contribution in [0.15, 0.2) is 36.4 Å². The number of hydrogen-bond donors (Lipinski definition) is 1. The first-order valence-electron chi connectivity index (χ1n) is 8.84. The van der Waals surface area contributed by atoms with E-state index in [1.807, 2.05) is 0 Å². The molecule has 0 aliphatic rings. The SMILES string of the molecule is CCOC(=O)c1ccc(NC(=O)CN(c2ccc(Cl)cc2C)S(C)(=O)=O)c(C)c1. The number of carbonyl (C=O) groups is 2. The van der Waals surface area contributed by atoms with Gasteiger partial charge < -0.3 is 10.1 Å². The first-order chi connectivity index (χ1) is 13.5. The molecule has 0 saturated carbocycles. The van der Waals surface area contributed by atoms with Crippen LogP contribution in [0.5, 0.6) is 0 Å². The molecule has 0 atom stereocenters. The summed E-state index contributed by atoms with van der Waals surface area (Å²) in [5, 5.41) is 3.16. The lowest BCUT2D eigenvalue weighted by Gasteiger charge is -2.24. The molecular weight excluding hydrogens is 416 g/mol. The average molecular weight is 439 g/mol. The fraction of sp³-hybridized carbons (Fsp3) is 0.300. The van der Waals surface area contributed by atoms with Gasteiger partial charge in [0.2, 0.25) is 15.9 Å². The highest BCUT2D eigenvalue weighted by Crippen LogP contribution is 2.26. The molecule has 9 heteroatoms. The summed E-state index contributed by atoms with van der Waals surface area (Å²) in [5.74, 6) is -0.966. The smallest absolute Gasteiger partial charge is 0.338 e. The zero-order valence-corrected chi connectivity index (χ0v) is 18.2. The Kier molecular flexibility index (Phi) is 7.26. The molecule has 0 heterocycles. The van der Waals surface area contributed by atoms with Gasteiger partial charge in [-0.3, -0.25) is 9.10 Å². The first-order valence-corrected chi connectivity index (χ1v) is 11.1. The summed E-state index contributed by atoms with van der Waals surface area (Å²) < 4.78 is 30.5. The number of benzene rings is 2. The van der Waals surface area contributed by atoms with Crippen molar-refractivity contribution in [2.45, 2.75) is 20.8 Å². The maximum atomic E-state index is 12.6.